The van der Waals surface area contributed by atoms with Crippen molar-refractivity contribution in [1.29, 1.82) is 0 Å². The van der Waals surface area contributed by atoms with Gasteiger partial charge >= 0.3 is 0 Å². The van der Waals surface area contributed by atoms with Gasteiger partial charge in [0.1, 0.15) is 0 Å². The van der Waals surface area contributed by atoms with Crippen LogP contribution in [0.2, 0.25) is 0 Å². The van der Waals surface area contributed by atoms with Gasteiger partial charge in [-0.25, -0.2) is 0 Å². The highest BCUT2D eigenvalue weighted by Gasteiger charge is 2.02. The summed E-state index contributed by atoms with van der Waals surface area (Å²) < 4.78 is 3.11. The number of rotatable bonds is 3. The number of hydrogen-bond acceptors (Lipinski definition) is 2. The van der Waals surface area contributed by atoms with Crippen LogP contribution >= 0.6 is 11.9 Å². The van der Waals surface area contributed by atoms with E-state index in [4.69, 9.17) is 0 Å². The highest BCUT2D eigenvalue weighted by Crippen LogP contribution is 2.29. The van der Waals surface area contributed by atoms with Gasteiger partial charge in [0.25, 0.3) is 0 Å². The maximum absolute atomic E-state index is 3.11. The van der Waals surface area contributed by atoms with Gasteiger partial charge in [-0.1, -0.05) is 48.5 Å². The van der Waals surface area contributed by atoms with Crippen molar-refractivity contribution in [3.63, 3.8) is 0 Å². The van der Waals surface area contributed by atoms with Crippen molar-refractivity contribution >= 4 is 11.9 Å². The Morgan fingerprint density at radius 1 is 0.867 bits per heavy atom. The van der Waals surface area contributed by atoms with E-state index >= 15 is 0 Å². The standard InChI is InChI=1S/C13H13NS/c1-14-15-13-10-6-5-9-12(13)11-7-3-2-4-8-11/h2-10,14H,1H3. The zero-order valence-electron chi connectivity index (χ0n) is 8.60. The molecule has 0 fully saturated rings. The lowest BCUT2D eigenvalue weighted by atomic mass is 10.1. The Morgan fingerprint density at radius 3 is 2.27 bits per heavy atom. The Kier molecular flexibility index (Phi) is 3.43. The summed E-state index contributed by atoms with van der Waals surface area (Å²) in [5.41, 5.74) is 2.54. The molecule has 2 heteroatoms. The highest BCUT2D eigenvalue weighted by atomic mass is 32.2. The molecule has 0 radical (unpaired) electrons. The molecule has 0 aliphatic heterocycles. The fourth-order valence-electron chi connectivity index (χ4n) is 1.52. The van der Waals surface area contributed by atoms with E-state index in [9.17, 15) is 0 Å². The second-order valence-corrected chi connectivity index (χ2v) is 4.22. The van der Waals surface area contributed by atoms with Crippen LogP contribution in [0.25, 0.3) is 11.1 Å². The largest absolute Gasteiger partial charge is 0.263 e. The molecular formula is C13H13NS. The van der Waals surface area contributed by atoms with Crippen molar-refractivity contribution in [2.75, 3.05) is 7.05 Å². The SMILES string of the molecule is CNSc1ccccc1-c1ccccc1. The molecule has 0 saturated heterocycles. The molecule has 0 aliphatic rings. The van der Waals surface area contributed by atoms with Gasteiger partial charge in [-0.3, -0.25) is 4.72 Å². The fourth-order valence-corrected chi connectivity index (χ4v) is 2.18. The molecule has 2 rings (SSSR count). The maximum Gasteiger partial charge on any atom is 0.0306 e. The lowest BCUT2D eigenvalue weighted by molar-refractivity contribution is 1.28. The van der Waals surface area contributed by atoms with Crippen LogP contribution < -0.4 is 4.72 Å². The zero-order valence-corrected chi connectivity index (χ0v) is 9.42. The average Bonchev–Trinajstić information content (AvgIpc) is 2.31. The first-order chi connectivity index (χ1) is 7.42. The Bertz CT molecular complexity index is 426. The van der Waals surface area contributed by atoms with Crippen molar-refractivity contribution < 1.29 is 0 Å². The van der Waals surface area contributed by atoms with E-state index in [2.05, 4.69) is 53.3 Å². The van der Waals surface area contributed by atoms with Gasteiger partial charge in [0.05, 0.1) is 0 Å². The highest BCUT2D eigenvalue weighted by molar-refractivity contribution is 7.97. The Morgan fingerprint density at radius 2 is 1.53 bits per heavy atom. The Balaban J connectivity index is 2.43. The van der Waals surface area contributed by atoms with Crippen LogP contribution in [0, 0.1) is 0 Å². The van der Waals surface area contributed by atoms with Crippen LogP contribution in [-0.2, 0) is 0 Å². The van der Waals surface area contributed by atoms with Crippen LogP contribution in [0.1, 0.15) is 0 Å². The molecule has 0 amide bonds. The van der Waals surface area contributed by atoms with Gasteiger partial charge < -0.3 is 0 Å². The van der Waals surface area contributed by atoms with E-state index in [1.54, 1.807) is 11.9 Å². The number of hydrogen-bond donors (Lipinski definition) is 1. The second-order valence-electron chi connectivity index (χ2n) is 3.17. The number of benzene rings is 2. The van der Waals surface area contributed by atoms with Crippen molar-refractivity contribution in [2.45, 2.75) is 4.90 Å². The van der Waals surface area contributed by atoms with E-state index in [0.717, 1.165) is 0 Å². The van der Waals surface area contributed by atoms with E-state index in [1.165, 1.54) is 16.0 Å². The van der Waals surface area contributed by atoms with Crippen molar-refractivity contribution in [1.82, 2.24) is 4.72 Å². The fraction of sp³-hybridized carbons (Fsp3) is 0.0769. The predicted molar refractivity (Wildman–Crippen MR) is 66.8 cm³/mol. The summed E-state index contributed by atoms with van der Waals surface area (Å²) in [7, 11) is 1.94. The molecule has 0 saturated carbocycles. The van der Waals surface area contributed by atoms with Crippen LogP contribution in [0.4, 0.5) is 0 Å². The summed E-state index contributed by atoms with van der Waals surface area (Å²) >= 11 is 1.65. The lowest BCUT2D eigenvalue weighted by Crippen LogP contribution is -1.92. The van der Waals surface area contributed by atoms with Crippen molar-refractivity contribution in [2.24, 2.45) is 0 Å². The molecule has 2 aromatic carbocycles. The molecule has 2 aromatic rings. The first-order valence-corrected chi connectivity index (χ1v) is 5.71. The lowest BCUT2D eigenvalue weighted by Gasteiger charge is -2.07. The van der Waals surface area contributed by atoms with Crippen LogP contribution in [0.15, 0.2) is 59.5 Å². The normalized spacial score (nSPS) is 10.2. The third-order valence-corrected chi connectivity index (χ3v) is 2.96. The summed E-state index contributed by atoms with van der Waals surface area (Å²) in [5, 5.41) is 0. The molecular weight excluding hydrogens is 202 g/mol. The van der Waals surface area contributed by atoms with E-state index in [-0.39, 0.29) is 0 Å². The first-order valence-electron chi connectivity index (χ1n) is 4.90. The summed E-state index contributed by atoms with van der Waals surface area (Å²) in [6, 6.07) is 18.8. The topological polar surface area (TPSA) is 12.0 Å². The van der Waals surface area contributed by atoms with E-state index < -0.39 is 0 Å². The summed E-state index contributed by atoms with van der Waals surface area (Å²) in [4.78, 5) is 1.26. The Labute approximate surface area is 94.7 Å². The van der Waals surface area contributed by atoms with Crippen LogP contribution in [0.5, 0.6) is 0 Å². The molecule has 0 aliphatic carbocycles. The Hall–Kier alpha value is -1.25. The minimum absolute atomic E-state index is 1.26. The summed E-state index contributed by atoms with van der Waals surface area (Å²) in [6.45, 7) is 0. The summed E-state index contributed by atoms with van der Waals surface area (Å²) in [6.07, 6.45) is 0. The smallest absolute Gasteiger partial charge is 0.0306 e. The molecule has 0 atom stereocenters. The summed E-state index contributed by atoms with van der Waals surface area (Å²) in [5.74, 6) is 0. The van der Waals surface area contributed by atoms with Gasteiger partial charge in [0.2, 0.25) is 0 Å². The monoisotopic (exact) mass is 215 g/mol. The predicted octanol–water partition coefficient (Wildman–Crippen LogP) is 3.58. The van der Waals surface area contributed by atoms with Crippen LogP contribution in [-0.4, -0.2) is 7.05 Å². The molecule has 0 spiro atoms. The molecule has 76 valence electrons. The third-order valence-electron chi connectivity index (χ3n) is 2.18. The minimum atomic E-state index is 1.26. The van der Waals surface area contributed by atoms with Gasteiger partial charge in [-0.05, 0) is 36.2 Å². The van der Waals surface area contributed by atoms with Gasteiger partial charge in [0, 0.05) is 4.90 Å². The molecule has 1 nitrogen and oxygen atoms in total. The number of nitrogens with one attached hydrogen (secondary N) is 1. The first kappa shape index (κ1) is 10.3. The third kappa shape index (κ3) is 2.41. The van der Waals surface area contributed by atoms with Gasteiger partial charge in [-0.2, -0.15) is 0 Å². The van der Waals surface area contributed by atoms with E-state index in [1.807, 2.05) is 13.1 Å². The molecule has 0 heterocycles. The zero-order chi connectivity index (χ0) is 10.5. The van der Waals surface area contributed by atoms with Crippen molar-refractivity contribution in [3.05, 3.63) is 54.6 Å². The van der Waals surface area contributed by atoms with E-state index in [0.29, 0.717) is 0 Å². The maximum atomic E-state index is 3.11. The van der Waals surface area contributed by atoms with Gasteiger partial charge in [0.15, 0.2) is 0 Å². The van der Waals surface area contributed by atoms with Crippen LogP contribution in [0.3, 0.4) is 0 Å². The average molecular weight is 215 g/mol. The molecule has 0 aromatic heterocycles. The molecule has 1 N–H and O–H groups in total. The molecule has 0 bridgehead atoms. The molecule has 15 heavy (non-hydrogen) atoms. The van der Waals surface area contributed by atoms with Crippen molar-refractivity contribution in [3.8, 4) is 11.1 Å². The van der Waals surface area contributed by atoms with Gasteiger partial charge in [-0.15, -0.1) is 0 Å². The quantitative estimate of drug-likeness (QED) is 0.785. The molecule has 0 unspecified atom stereocenters. The minimum Gasteiger partial charge on any atom is -0.263 e. The second kappa shape index (κ2) is 5.01.